The third-order valence-electron chi connectivity index (χ3n) is 8.18. The molecule has 1 aliphatic heterocycles. The van der Waals surface area contributed by atoms with Crippen LogP contribution in [0.4, 0.5) is 11.5 Å². The number of ether oxygens (including phenoxy) is 1. The SMILES string of the molecule is O[C@H]1CCCC[C@@H]1N[C@H]1CC[C@H](Nc2cc(-c3cc(NCC4CCOCC4)cnc3Cl)c(Cl)cn2)CC1. The Morgan fingerprint density at radius 3 is 2.41 bits per heavy atom. The summed E-state index contributed by atoms with van der Waals surface area (Å²) in [7, 11) is 0. The molecule has 1 saturated heterocycles. The van der Waals surface area contributed by atoms with E-state index in [4.69, 9.17) is 27.9 Å². The average molecular weight is 549 g/mol. The first-order chi connectivity index (χ1) is 18.0. The molecular weight excluding hydrogens is 509 g/mol. The molecule has 2 aliphatic carbocycles. The summed E-state index contributed by atoms with van der Waals surface area (Å²) in [5, 5.41) is 22.1. The van der Waals surface area contributed by atoms with Crippen molar-refractivity contribution in [1.29, 1.82) is 0 Å². The summed E-state index contributed by atoms with van der Waals surface area (Å²) < 4.78 is 5.47. The number of aliphatic hydroxyl groups is 1. The highest BCUT2D eigenvalue weighted by molar-refractivity contribution is 6.36. The molecule has 2 aromatic rings. The lowest BCUT2D eigenvalue weighted by Crippen LogP contribution is -2.48. The van der Waals surface area contributed by atoms with Crippen molar-refractivity contribution in [1.82, 2.24) is 15.3 Å². The Kier molecular flexibility index (Phi) is 9.42. The zero-order valence-corrected chi connectivity index (χ0v) is 22.9. The van der Waals surface area contributed by atoms with Crippen LogP contribution in [-0.2, 0) is 4.74 Å². The van der Waals surface area contributed by atoms with Gasteiger partial charge in [0.1, 0.15) is 11.0 Å². The summed E-state index contributed by atoms with van der Waals surface area (Å²) in [6, 6.07) is 5.10. The van der Waals surface area contributed by atoms with Gasteiger partial charge in [-0.3, -0.25) is 0 Å². The van der Waals surface area contributed by atoms with Gasteiger partial charge in [-0.25, -0.2) is 9.97 Å². The Bertz CT molecular complexity index is 1030. The second-order valence-corrected chi connectivity index (χ2v) is 11.6. The van der Waals surface area contributed by atoms with Crippen LogP contribution in [0, 0.1) is 5.92 Å². The molecule has 0 bridgehead atoms. The number of pyridine rings is 2. The highest BCUT2D eigenvalue weighted by Crippen LogP contribution is 2.35. The third kappa shape index (κ3) is 7.27. The van der Waals surface area contributed by atoms with Crippen molar-refractivity contribution < 1.29 is 9.84 Å². The summed E-state index contributed by atoms with van der Waals surface area (Å²) in [6.45, 7) is 2.56. The predicted molar refractivity (Wildman–Crippen MR) is 151 cm³/mol. The first kappa shape index (κ1) is 26.9. The molecule has 2 aromatic heterocycles. The summed E-state index contributed by atoms with van der Waals surface area (Å²) >= 11 is 13.1. The van der Waals surface area contributed by atoms with Crippen molar-refractivity contribution in [3.05, 3.63) is 34.7 Å². The minimum atomic E-state index is -0.196. The third-order valence-corrected chi connectivity index (χ3v) is 8.78. The van der Waals surface area contributed by atoms with E-state index in [0.29, 0.717) is 28.2 Å². The number of aliphatic hydroxyl groups excluding tert-OH is 1. The predicted octanol–water partition coefficient (Wildman–Crippen LogP) is 5.91. The van der Waals surface area contributed by atoms with E-state index in [9.17, 15) is 5.11 Å². The van der Waals surface area contributed by atoms with Gasteiger partial charge in [0.2, 0.25) is 0 Å². The molecule has 0 unspecified atom stereocenters. The topological polar surface area (TPSA) is 91.3 Å². The molecule has 0 radical (unpaired) electrons. The van der Waals surface area contributed by atoms with Gasteiger partial charge in [-0.15, -0.1) is 0 Å². The normalized spacial score (nSPS) is 27.1. The molecule has 202 valence electrons. The number of hydrogen-bond donors (Lipinski definition) is 4. The number of aromatic nitrogens is 2. The number of rotatable bonds is 8. The van der Waals surface area contributed by atoms with E-state index in [-0.39, 0.29) is 12.1 Å². The van der Waals surface area contributed by atoms with E-state index in [2.05, 4.69) is 25.9 Å². The van der Waals surface area contributed by atoms with Crippen LogP contribution < -0.4 is 16.0 Å². The van der Waals surface area contributed by atoms with Gasteiger partial charge in [-0.2, -0.15) is 0 Å². The molecule has 0 spiro atoms. The van der Waals surface area contributed by atoms with E-state index >= 15 is 0 Å². The lowest BCUT2D eigenvalue weighted by molar-refractivity contribution is 0.0699. The summed E-state index contributed by atoms with van der Waals surface area (Å²) in [6.07, 6.45) is 14.1. The molecule has 3 aliphatic rings. The van der Waals surface area contributed by atoms with Gasteiger partial charge in [0.05, 0.1) is 23.0 Å². The van der Waals surface area contributed by atoms with E-state index in [1.165, 1.54) is 6.42 Å². The monoisotopic (exact) mass is 547 g/mol. The van der Waals surface area contributed by atoms with E-state index in [0.717, 1.165) is 100 Å². The van der Waals surface area contributed by atoms with Crippen LogP contribution in [0.2, 0.25) is 10.2 Å². The maximum Gasteiger partial charge on any atom is 0.137 e. The van der Waals surface area contributed by atoms with Gasteiger partial charge in [-0.05, 0) is 69.4 Å². The molecule has 2 saturated carbocycles. The van der Waals surface area contributed by atoms with Crippen molar-refractivity contribution in [2.24, 2.45) is 5.92 Å². The summed E-state index contributed by atoms with van der Waals surface area (Å²) in [4.78, 5) is 8.97. The lowest BCUT2D eigenvalue weighted by Gasteiger charge is -2.36. The van der Waals surface area contributed by atoms with Gasteiger partial charge < -0.3 is 25.8 Å². The van der Waals surface area contributed by atoms with Crippen LogP contribution in [0.25, 0.3) is 11.1 Å². The number of halogens is 2. The molecule has 4 N–H and O–H groups in total. The first-order valence-corrected chi connectivity index (χ1v) is 14.6. The maximum absolute atomic E-state index is 10.3. The minimum absolute atomic E-state index is 0.196. The fourth-order valence-electron chi connectivity index (χ4n) is 5.89. The van der Waals surface area contributed by atoms with Crippen molar-refractivity contribution in [3.8, 4) is 11.1 Å². The second-order valence-electron chi connectivity index (χ2n) is 10.9. The fraction of sp³-hybridized carbons (Fsp3) is 0.643. The van der Waals surface area contributed by atoms with Crippen molar-refractivity contribution in [2.45, 2.75) is 88.4 Å². The Labute approximate surface area is 230 Å². The quantitative estimate of drug-likeness (QED) is 0.305. The lowest BCUT2D eigenvalue weighted by atomic mass is 9.87. The molecule has 0 amide bonds. The Morgan fingerprint density at radius 2 is 1.62 bits per heavy atom. The van der Waals surface area contributed by atoms with Gasteiger partial charge in [0.15, 0.2) is 0 Å². The van der Waals surface area contributed by atoms with Gasteiger partial charge >= 0.3 is 0 Å². The van der Waals surface area contributed by atoms with Crippen LogP contribution >= 0.6 is 23.2 Å². The van der Waals surface area contributed by atoms with Crippen LogP contribution in [-0.4, -0.2) is 59.1 Å². The molecule has 0 aromatic carbocycles. The number of nitrogens with zero attached hydrogens (tertiary/aromatic N) is 2. The van der Waals surface area contributed by atoms with Gasteiger partial charge in [0.25, 0.3) is 0 Å². The molecular formula is C28H39Cl2N5O2. The standard InChI is InChI=1S/C28H39Cl2N5O2/c29-24-17-32-27(35-20-7-5-19(6-8-20)34-25-3-1-2-4-26(25)36)14-22(24)23-13-21(16-33-28(23)30)31-15-18-9-11-37-12-10-18/h13-14,16-20,25-26,31,34,36H,1-12,15H2,(H,32,35)/t19-,20-,25-,26-/m0/s1. The smallest absolute Gasteiger partial charge is 0.137 e. The molecule has 3 fully saturated rings. The highest BCUT2D eigenvalue weighted by atomic mass is 35.5. The van der Waals surface area contributed by atoms with Crippen LogP contribution in [0.5, 0.6) is 0 Å². The van der Waals surface area contributed by atoms with Crippen molar-refractivity contribution in [2.75, 3.05) is 30.4 Å². The van der Waals surface area contributed by atoms with Crippen LogP contribution in [0.3, 0.4) is 0 Å². The Hall–Kier alpha value is -1.64. The first-order valence-electron chi connectivity index (χ1n) is 13.9. The zero-order valence-electron chi connectivity index (χ0n) is 21.4. The maximum atomic E-state index is 10.3. The number of nitrogens with one attached hydrogen (secondary N) is 3. The summed E-state index contributed by atoms with van der Waals surface area (Å²) in [5.41, 5.74) is 2.56. The van der Waals surface area contributed by atoms with Crippen molar-refractivity contribution in [3.63, 3.8) is 0 Å². The fourth-order valence-corrected chi connectivity index (χ4v) is 6.30. The summed E-state index contributed by atoms with van der Waals surface area (Å²) in [5.74, 6) is 1.40. The molecule has 9 heteroatoms. The molecule has 37 heavy (non-hydrogen) atoms. The van der Waals surface area contributed by atoms with Gasteiger partial charge in [0, 0.05) is 55.2 Å². The van der Waals surface area contributed by atoms with E-state index in [1.54, 1.807) is 12.4 Å². The van der Waals surface area contributed by atoms with Gasteiger partial charge in [-0.1, -0.05) is 36.0 Å². The van der Waals surface area contributed by atoms with Crippen LogP contribution in [0.15, 0.2) is 24.5 Å². The largest absolute Gasteiger partial charge is 0.392 e. The minimum Gasteiger partial charge on any atom is -0.392 e. The highest BCUT2D eigenvalue weighted by Gasteiger charge is 2.28. The number of hydrogen-bond acceptors (Lipinski definition) is 7. The Balaban J connectivity index is 1.19. The van der Waals surface area contributed by atoms with Crippen molar-refractivity contribution >= 4 is 34.7 Å². The zero-order chi connectivity index (χ0) is 25.6. The average Bonchev–Trinajstić information content (AvgIpc) is 2.92. The van der Waals surface area contributed by atoms with Crippen LogP contribution in [0.1, 0.15) is 64.2 Å². The second kappa shape index (κ2) is 12.9. The number of anilines is 2. The van der Waals surface area contributed by atoms with E-state index in [1.807, 2.05) is 12.1 Å². The molecule has 3 heterocycles. The van der Waals surface area contributed by atoms with E-state index < -0.39 is 0 Å². The Morgan fingerprint density at radius 1 is 0.865 bits per heavy atom. The molecule has 5 rings (SSSR count). The molecule has 7 nitrogen and oxygen atoms in total. The molecule has 2 atom stereocenters.